The lowest BCUT2D eigenvalue weighted by molar-refractivity contribution is 0.0954. The van der Waals surface area contributed by atoms with Crippen molar-refractivity contribution in [2.75, 3.05) is 27.9 Å². The number of amides is 1. The summed E-state index contributed by atoms with van der Waals surface area (Å²) in [6, 6.07) is 7.90. The SMILES string of the molecule is CCCOc1ccc(/C=N/NC(=O)c2cc(OC)c(OC)c(OC)c2)c(O)c1. The molecule has 28 heavy (non-hydrogen) atoms. The summed E-state index contributed by atoms with van der Waals surface area (Å²) >= 11 is 0. The minimum absolute atomic E-state index is 0.000567. The fourth-order valence-corrected chi connectivity index (χ4v) is 2.38. The number of nitrogens with zero attached hydrogens (tertiary/aromatic N) is 1. The molecule has 1 amide bonds. The largest absolute Gasteiger partial charge is 0.507 e. The fraction of sp³-hybridized carbons (Fsp3) is 0.300. The van der Waals surface area contributed by atoms with Crippen molar-refractivity contribution in [1.82, 2.24) is 5.43 Å². The standard InChI is InChI=1S/C20H24N2O6/c1-5-8-28-15-7-6-13(16(23)11-15)12-21-22-20(24)14-9-17(25-2)19(27-4)18(10-14)26-3/h6-7,9-12,23H,5,8H2,1-4H3,(H,22,24)/b21-12+. The molecule has 150 valence electrons. The van der Waals surface area contributed by atoms with Crippen molar-refractivity contribution >= 4 is 12.1 Å². The lowest BCUT2D eigenvalue weighted by atomic mass is 10.1. The molecule has 0 saturated heterocycles. The Labute approximate surface area is 163 Å². The van der Waals surface area contributed by atoms with E-state index in [2.05, 4.69) is 10.5 Å². The summed E-state index contributed by atoms with van der Waals surface area (Å²) in [7, 11) is 4.41. The maximum atomic E-state index is 12.4. The number of carbonyl (C=O) groups excluding carboxylic acids is 1. The molecule has 0 fully saturated rings. The number of carbonyl (C=O) groups is 1. The zero-order chi connectivity index (χ0) is 20.5. The van der Waals surface area contributed by atoms with Crippen LogP contribution in [0, 0.1) is 0 Å². The molecule has 2 N–H and O–H groups in total. The van der Waals surface area contributed by atoms with Crippen molar-refractivity contribution in [3.05, 3.63) is 41.5 Å². The molecule has 2 rings (SSSR count). The molecule has 8 heteroatoms. The average Bonchev–Trinajstić information content (AvgIpc) is 2.72. The third-order valence-corrected chi connectivity index (χ3v) is 3.77. The van der Waals surface area contributed by atoms with Crippen LogP contribution < -0.4 is 24.4 Å². The van der Waals surface area contributed by atoms with E-state index < -0.39 is 5.91 Å². The minimum Gasteiger partial charge on any atom is -0.507 e. The second kappa shape index (κ2) is 10.1. The van der Waals surface area contributed by atoms with E-state index in [1.54, 1.807) is 12.1 Å². The van der Waals surface area contributed by atoms with Gasteiger partial charge in [0, 0.05) is 17.2 Å². The second-order valence-electron chi connectivity index (χ2n) is 5.68. The van der Waals surface area contributed by atoms with Gasteiger partial charge in [0.05, 0.1) is 34.2 Å². The van der Waals surface area contributed by atoms with Crippen molar-refractivity contribution in [3.63, 3.8) is 0 Å². The highest BCUT2D eigenvalue weighted by atomic mass is 16.5. The number of hydrazone groups is 1. The van der Waals surface area contributed by atoms with Crippen LogP contribution in [-0.2, 0) is 0 Å². The van der Waals surface area contributed by atoms with Gasteiger partial charge in [-0.15, -0.1) is 0 Å². The molecular weight excluding hydrogens is 364 g/mol. The average molecular weight is 388 g/mol. The van der Waals surface area contributed by atoms with Gasteiger partial charge < -0.3 is 24.1 Å². The first-order valence-corrected chi connectivity index (χ1v) is 8.63. The first-order chi connectivity index (χ1) is 13.5. The molecular formula is C20H24N2O6. The minimum atomic E-state index is -0.474. The van der Waals surface area contributed by atoms with E-state index in [1.165, 1.54) is 45.7 Å². The third-order valence-electron chi connectivity index (χ3n) is 3.77. The quantitative estimate of drug-likeness (QED) is 0.506. The molecule has 2 aromatic carbocycles. The van der Waals surface area contributed by atoms with E-state index in [-0.39, 0.29) is 11.3 Å². The summed E-state index contributed by atoms with van der Waals surface area (Å²) in [6.45, 7) is 2.56. The predicted molar refractivity (Wildman–Crippen MR) is 105 cm³/mol. The van der Waals surface area contributed by atoms with Gasteiger partial charge >= 0.3 is 0 Å². The molecule has 2 aromatic rings. The summed E-state index contributed by atoms with van der Waals surface area (Å²) in [5, 5.41) is 13.9. The number of aromatic hydroxyl groups is 1. The third kappa shape index (κ3) is 5.06. The van der Waals surface area contributed by atoms with Crippen LogP contribution in [0.15, 0.2) is 35.4 Å². The summed E-state index contributed by atoms with van der Waals surface area (Å²) in [6.07, 6.45) is 2.21. The van der Waals surface area contributed by atoms with Gasteiger partial charge in [0.25, 0.3) is 5.91 Å². The molecule has 0 aromatic heterocycles. The molecule has 0 heterocycles. The Kier molecular flexibility index (Phi) is 7.50. The molecule has 0 bridgehead atoms. The number of benzene rings is 2. The van der Waals surface area contributed by atoms with Gasteiger partial charge in [0.15, 0.2) is 11.5 Å². The van der Waals surface area contributed by atoms with Crippen LogP contribution in [0.3, 0.4) is 0 Å². The van der Waals surface area contributed by atoms with Crippen molar-refractivity contribution < 1.29 is 28.8 Å². The van der Waals surface area contributed by atoms with Crippen molar-refractivity contribution in [3.8, 4) is 28.7 Å². The molecule has 0 unspecified atom stereocenters. The van der Waals surface area contributed by atoms with Gasteiger partial charge in [-0.05, 0) is 30.7 Å². The molecule has 0 aliphatic heterocycles. The van der Waals surface area contributed by atoms with E-state index in [9.17, 15) is 9.90 Å². The highest BCUT2D eigenvalue weighted by molar-refractivity contribution is 5.96. The van der Waals surface area contributed by atoms with Crippen LogP contribution in [0.5, 0.6) is 28.7 Å². The van der Waals surface area contributed by atoms with Gasteiger partial charge in [-0.2, -0.15) is 5.10 Å². The van der Waals surface area contributed by atoms with E-state index in [0.29, 0.717) is 35.2 Å². The molecule has 0 atom stereocenters. The zero-order valence-corrected chi connectivity index (χ0v) is 16.3. The predicted octanol–water partition coefficient (Wildman–Crippen LogP) is 2.97. The number of phenolic OH excluding ortho intramolecular Hbond substituents is 1. The number of hydrogen-bond acceptors (Lipinski definition) is 7. The van der Waals surface area contributed by atoms with E-state index in [4.69, 9.17) is 18.9 Å². The zero-order valence-electron chi connectivity index (χ0n) is 16.3. The van der Waals surface area contributed by atoms with Crippen LogP contribution in [0.4, 0.5) is 0 Å². The fourth-order valence-electron chi connectivity index (χ4n) is 2.38. The monoisotopic (exact) mass is 388 g/mol. The Bertz CT molecular complexity index is 826. The van der Waals surface area contributed by atoms with Gasteiger partial charge in [-0.25, -0.2) is 5.43 Å². The highest BCUT2D eigenvalue weighted by Crippen LogP contribution is 2.38. The van der Waals surface area contributed by atoms with Gasteiger partial charge in [0.2, 0.25) is 5.75 Å². The van der Waals surface area contributed by atoms with Gasteiger partial charge in [0.1, 0.15) is 11.5 Å². The second-order valence-corrected chi connectivity index (χ2v) is 5.68. The number of rotatable bonds is 9. The number of ether oxygens (including phenoxy) is 4. The van der Waals surface area contributed by atoms with Crippen LogP contribution >= 0.6 is 0 Å². The molecule has 0 radical (unpaired) electrons. The number of nitrogens with one attached hydrogen (secondary N) is 1. The maximum absolute atomic E-state index is 12.4. The van der Waals surface area contributed by atoms with E-state index in [0.717, 1.165) is 6.42 Å². The maximum Gasteiger partial charge on any atom is 0.271 e. The van der Waals surface area contributed by atoms with Crippen molar-refractivity contribution in [2.45, 2.75) is 13.3 Å². The Morgan fingerprint density at radius 1 is 1.11 bits per heavy atom. The summed E-state index contributed by atoms with van der Waals surface area (Å²) < 4.78 is 21.1. The van der Waals surface area contributed by atoms with Crippen molar-refractivity contribution in [2.24, 2.45) is 5.10 Å². The first kappa shape index (κ1) is 20.9. The Balaban J connectivity index is 2.11. The lowest BCUT2D eigenvalue weighted by Gasteiger charge is -2.13. The topological polar surface area (TPSA) is 98.6 Å². The molecule has 0 saturated carbocycles. The van der Waals surface area contributed by atoms with Crippen LogP contribution in [-0.4, -0.2) is 45.2 Å². The van der Waals surface area contributed by atoms with Crippen LogP contribution in [0.25, 0.3) is 0 Å². The summed E-state index contributed by atoms with van der Waals surface area (Å²) in [5.41, 5.74) is 3.12. The van der Waals surface area contributed by atoms with Crippen LogP contribution in [0.1, 0.15) is 29.3 Å². The molecule has 0 spiro atoms. The Morgan fingerprint density at radius 3 is 2.32 bits per heavy atom. The number of methoxy groups -OCH3 is 3. The van der Waals surface area contributed by atoms with E-state index in [1.807, 2.05) is 6.92 Å². The summed E-state index contributed by atoms with van der Waals surface area (Å²) in [4.78, 5) is 12.4. The molecule has 8 nitrogen and oxygen atoms in total. The number of hydrogen-bond donors (Lipinski definition) is 2. The van der Waals surface area contributed by atoms with Crippen molar-refractivity contribution in [1.29, 1.82) is 0 Å². The smallest absolute Gasteiger partial charge is 0.271 e. The first-order valence-electron chi connectivity index (χ1n) is 8.63. The molecule has 0 aliphatic carbocycles. The van der Waals surface area contributed by atoms with E-state index >= 15 is 0 Å². The number of phenols is 1. The molecule has 0 aliphatic rings. The lowest BCUT2D eigenvalue weighted by Crippen LogP contribution is -2.18. The van der Waals surface area contributed by atoms with Gasteiger partial charge in [-0.3, -0.25) is 4.79 Å². The van der Waals surface area contributed by atoms with Crippen LogP contribution in [0.2, 0.25) is 0 Å². The Hall–Kier alpha value is -3.42. The van der Waals surface area contributed by atoms with Gasteiger partial charge in [-0.1, -0.05) is 6.92 Å². The summed E-state index contributed by atoms with van der Waals surface area (Å²) in [5.74, 6) is 1.20. The Morgan fingerprint density at radius 2 is 1.79 bits per heavy atom. The normalized spacial score (nSPS) is 10.6. The highest BCUT2D eigenvalue weighted by Gasteiger charge is 2.16.